The largest absolute Gasteiger partial charge is 0.493 e. The van der Waals surface area contributed by atoms with Gasteiger partial charge in [-0.05, 0) is 52.3 Å². The minimum Gasteiger partial charge on any atom is -0.493 e. The van der Waals surface area contributed by atoms with Crippen LogP contribution < -0.4 is 14.8 Å². The zero-order valence-corrected chi connectivity index (χ0v) is 24.8. The van der Waals surface area contributed by atoms with E-state index in [-0.39, 0.29) is 11.3 Å². The molecule has 1 N–H and O–H groups in total. The number of rotatable bonds is 12. The first-order valence-electron chi connectivity index (χ1n) is 13.4. The number of ether oxygens (including phenoxy) is 2. The van der Waals surface area contributed by atoms with E-state index in [2.05, 4.69) is 71.3 Å². The molecule has 8 heteroatoms. The van der Waals surface area contributed by atoms with E-state index < -0.39 is 0 Å². The maximum absolute atomic E-state index is 12.7. The van der Waals surface area contributed by atoms with Gasteiger partial charge in [0.1, 0.15) is 10.7 Å². The minimum atomic E-state index is -0.180. The van der Waals surface area contributed by atoms with Gasteiger partial charge in [-0.15, -0.1) is 11.3 Å². The predicted octanol–water partition coefficient (Wildman–Crippen LogP) is 6.03. The van der Waals surface area contributed by atoms with Crippen LogP contribution >= 0.6 is 11.3 Å². The summed E-state index contributed by atoms with van der Waals surface area (Å²) in [5, 5.41) is 5.67. The van der Waals surface area contributed by atoms with Gasteiger partial charge in [-0.25, -0.2) is 4.98 Å². The fourth-order valence-electron chi connectivity index (χ4n) is 4.36. The molecule has 0 atom stereocenters. The van der Waals surface area contributed by atoms with Gasteiger partial charge >= 0.3 is 0 Å². The van der Waals surface area contributed by atoms with Crippen molar-refractivity contribution >= 4 is 17.2 Å². The number of nitrogens with one attached hydrogen (secondary N) is 1. The molecule has 0 bridgehead atoms. The Morgan fingerprint density at radius 2 is 1.70 bits per heavy atom. The predicted molar refractivity (Wildman–Crippen MR) is 160 cm³/mol. The van der Waals surface area contributed by atoms with Gasteiger partial charge < -0.3 is 14.8 Å². The van der Waals surface area contributed by atoms with Gasteiger partial charge in [0, 0.05) is 37.4 Å². The van der Waals surface area contributed by atoms with E-state index in [0.29, 0.717) is 18.8 Å². The van der Waals surface area contributed by atoms with Crippen LogP contribution in [0.25, 0.3) is 0 Å². The summed E-state index contributed by atoms with van der Waals surface area (Å²) < 4.78 is 10.9. The van der Waals surface area contributed by atoms with Crippen LogP contribution in [0.2, 0.25) is 0 Å². The molecular weight excluding hydrogens is 520 g/mol. The molecule has 2 heterocycles. The number of amides is 1. The third kappa shape index (κ3) is 8.13. The molecule has 210 valence electrons. The van der Waals surface area contributed by atoms with E-state index in [1.54, 1.807) is 26.6 Å². The lowest BCUT2D eigenvalue weighted by Gasteiger charge is -2.23. The SMILES string of the molecule is COc1ccc(CCN(Cc2ccc(C(C)(C)C)cc2)Cc2nc(C(=O)NCc3cccnc3)cs2)cc1OC. The van der Waals surface area contributed by atoms with Crippen molar-refractivity contribution in [3.8, 4) is 11.5 Å². The second-order valence-electron chi connectivity index (χ2n) is 10.8. The molecule has 2 aromatic carbocycles. The third-order valence-corrected chi connectivity index (χ3v) is 7.54. The zero-order valence-electron chi connectivity index (χ0n) is 23.9. The Balaban J connectivity index is 1.46. The summed E-state index contributed by atoms with van der Waals surface area (Å²) in [5.74, 6) is 1.27. The van der Waals surface area contributed by atoms with E-state index in [0.717, 1.165) is 41.6 Å². The Labute approximate surface area is 241 Å². The molecule has 40 heavy (non-hydrogen) atoms. The Kier molecular flexibility index (Phi) is 9.90. The van der Waals surface area contributed by atoms with Crippen LogP contribution in [0.3, 0.4) is 0 Å². The molecule has 0 aliphatic carbocycles. The first kappa shape index (κ1) is 29.2. The van der Waals surface area contributed by atoms with Crippen LogP contribution in [0.4, 0.5) is 0 Å². The maximum atomic E-state index is 12.7. The molecule has 0 radical (unpaired) electrons. The van der Waals surface area contributed by atoms with E-state index in [1.165, 1.54) is 28.0 Å². The first-order valence-corrected chi connectivity index (χ1v) is 14.3. The van der Waals surface area contributed by atoms with Crippen LogP contribution in [-0.4, -0.2) is 41.5 Å². The lowest BCUT2D eigenvalue weighted by Crippen LogP contribution is -2.26. The van der Waals surface area contributed by atoms with Crippen molar-refractivity contribution in [1.29, 1.82) is 0 Å². The van der Waals surface area contributed by atoms with Crippen molar-refractivity contribution in [1.82, 2.24) is 20.2 Å². The van der Waals surface area contributed by atoms with Gasteiger partial charge in [-0.1, -0.05) is 57.2 Å². The van der Waals surface area contributed by atoms with Crippen molar-refractivity contribution in [2.45, 2.75) is 52.2 Å². The Bertz CT molecular complexity index is 1380. The molecule has 0 saturated carbocycles. The number of hydrogen-bond donors (Lipinski definition) is 1. The highest BCUT2D eigenvalue weighted by molar-refractivity contribution is 7.09. The second-order valence-corrected chi connectivity index (χ2v) is 11.7. The summed E-state index contributed by atoms with van der Waals surface area (Å²) in [6, 6.07) is 18.7. The molecule has 0 unspecified atom stereocenters. The molecule has 4 aromatic rings. The number of benzene rings is 2. The molecule has 4 rings (SSSR count). The second kappa shape index (κ2) is 13.5. The minimum absolute atomic E-state index is 0.112. The van der Waals surface area contributed by atoms with Gasteiger partial charge in [-0.3, -0.25) is 14.7 Å². The molecule has 7 nitrogen and oxygen atoms in total. The molecular formula is C32H38N4O3S. The summed E-state index contributed by atoms with van der Waals surface area (Å²) in [4.78, 5) is 23.9. The lowest BCUT2D eigenvalue weighted by molar-refractivity contribution is 0.0946. The molecule has 0 saturated heterocycles. The van der Waals surface area contributed by atoms with Gasteiger partial charge in [0.25, 0.3) is 5.91 Å². The molecule has 0 spiro atoms. The summed E-state index contributed by atoms with van der Waals surface area (Å²) in [5.41, 5.74) is 5.23. The smallest absolute Gasteiger partial charge is 0.271 e. The van der Waals surface area contributed by atoms with Crippen molar-refractivity contribution in [3.05, 3.63) is 105 Å². The van der Waals surface area contributed by atoms with Gasteiger partial charge in [0.15, 0.2) is 11.5 Å². The first-order chi connectivity index (χ1) is 19.2. The fraction of sp³-hybridized carbons (Fsp3) is 0.344. The number of aromatic nitrogens is 2. The zero-order chi connectivity index (χ0) is 28.5. The highest BCUT2D eigenvalue weighted by Crippen LogP contribution is 2.28. The number of carbonyl (C=O) groups is 1. The van der Waals surface area contributed by atoms with Crippen LogP contribution in [0, 0.1) is 0 Å². The quantitative estimate of drug-likeness (QED) is 0.229. The van der Waals surface area contributed by atoms with Crippen molar-refractivity contribution < 1.29 is 14.3 Å². The highest BCUT2D eigenvalue weighted by Gasteiger charge is 2.16. The standard InChI is InChI=1S/C32H38N4O3S/c1-32(2,3)26-11-8-24(9-12-26)20-36(16-14-23-10-13-28(38-4)29(17-23)39-5)21-30-35-27(22-40-30)31(37)34-19-25-7-6-15-33-18-25/h6-13,15,17-18,22H,14,16,19-21H2,1-5H3,(H,34,37). The molecule has 2 aromatic heterocycles. The molecule has 0 fully saturated rings. The van der Waals surface area contributed by atoms with Crippen LogP contribution in [0.15, 0.2) is 72.4 Å². The number of carbonyl (C=O) groups excluding carboxylic acids is 1. The summed E-state index contributed by atoms with van der Waals surface area (Å²) in [6.07, 6.45) is 4.30. The van der Waals surface area contributed by atoms with Crippen LogP contribution in [-0.2, 0) is 31.5 Å². The molecule has 0 aliphatic rings. The number of pyridine rings is 1. The monoisotopic (exact) mass is 558 g/mol. The number of thiazole rings is 1. The average Bonchev–Trinajstić information content (AvgIpc) is 3.43. The van der Waals surface area contributed by atoms with Crippen LogP contribution in [0.5, 0.6) is 11.5 Å². The third-order valence-electron chi connectivity index (χ3n) is 6.71. The van der Waals surface area contributed by atoms with Gasteiger partial charge in [-0.2, -0.15) is 0 Å². The summed E-state index contributed by atoms with van der Waals surface area (Å²) in [6.45, 7) is 9.34. The number of hydrogen-bond acceptors (Lipinski definition) is 7. The average molecular weight is 559 g/mol. The fourth-order valence-corrected chi connectivity index (χ4v) is 5.18. The van der Waals surface area contributed by atoms with Crippen molar-refractivity contribution in [2.24, 2.45) is 0 Å². The van der Waals surface area contributed by atoms with E-state index >= 15 is 0 Å². The normalized spacial score (nSPS) is 11.4. The Hall–Kier alpha value is -3.75. The molecule has 0 aliphatic heterocycles. The van der Waals surface area contributed by atoms with Crippen molar-refractivity contribution in [2.75, 3.05) is 20.8 Å². The van der Waals surface area contributed by atoms with E-state index in [4.69, 9.17) is 9.47 Å². The molecule has 1 amide bonds. The van der Waals surface area contributed by atoms with Gasteiger partial charge in [0.05, 0.1) is 20.8 Å². The Morgan fingerprint density at radius 3 is 2.38 bits per heavy atom. The topological polar surface area (TPSA) is 76.6 Å². The van der Waals surface area contributed by atoms with Gasteiger partial charge in [0.2, 0.25) is 0 Å². The summed E-state index contributed by atoms with van der Waals surface area (Å²) in [7, 11) is 3.30. The lowest BCUT2D eigenvalue weighted by atomic mass is 9.87. The highest BCUT2D eigenvalue weighted by atomic mass is 32.1. The maximum Gasteiger partial charge on any atom is 0.271 e. The Morgan fingerprint density at radius 1 is 0.950 bits per heavy atom. The van der Waals surface area contributed by atoms with E-state index in [9.17, 15) is 4.79 Å². The number of nitrogens with zero attached hydrogens (tertiary/aromatic N) is 3. The van der Waals surface area contributed by atoms with Crippen LogP contribution in [0.1, 0.15) is 58.5 Å². The number of methoxy groups -OCH3 is 2. The van der Waals surface area contributed by atoms with Crippen molar-refractivity contribution in [3.63, 3.8) is 0 Å². The van der Waals surface area contributed by atoms with E-state index in [1.807, 2.05) is 29.6 Å². The summed E-state index contributed by atoms with van der Waals surface area (Å²) >= 11 is 1.51.